The molecule has 0 saturated heterocycles. The van der Waals surface area contributed by atoms with E-state index in [4.69, 9.17) is 10.5 Å². The normalized spacial score (nSPS) is 10.7. The molecule has 2 N–H and O–H groups in total. The van der Waals surface area contributed by atoms with Crippen molar-refractivity contribution in [2.75, 3.05) is 5.73 Å². The number of nitrogens with zero attached hydrogens (tertiary/aromatic N) is 3. The van der Waals surface area contributed by atoms with Crippen LogP contribution in [-0.4, -0.2) is 21.0 Å². The van der Waals surface area contributed by atoms with E-state index in [2.05, 4.69) is 9.97 Å². The van der Waals surface area contributed by atoms with Gasteiger partial charge in [0, 0.05) is 5.56 Å². The number of rotatable bonds is 4. The van der Waals surface area contributed by atoms with Crippen LogP contribution in [0.2, 0.25) is 0 Å². The molecule has 0 bridgehead atoms. The minimum Gasteiger partial charge on any atom is -0.491 e. The molecular weight excluding hydrogens is 272 g/mol. The number of nitrogens with two attached hydrogens (primary N) is 1. The smallest absolute Gasteiger partial charge is 0.316 e. The first kappa shape index (κ1) is 14.7. The zero-order valence-electron chi connectivity index (χ0n) is 12.0. The van der Waals surface area contributed by atoms with Crippen molar-refractivity contribution in [1.29, 1.82) is 0 Å². The van der Waals surface area contributed by atoms with E-state index >= 15 is 0 Å². The molecule has 1 aromatic carbocycles. The predicted molar refractivity (Wildman–Crippen MR) is 79.0 cm³/mol. The first-order valence-electron chi connectivity index (χ1n) is 6.44. The number of aromatic nitrogens is 2. The highest BCUT2D eigenvalue weighted by atomic mass is 16.6. The Hall–Kier alpha value is -2.70. The molecule has 21 heavy (non-hydrogen) atoms. The Balaban J connectivity index is 2.48. The lowest BCUT2D eigenvalue weighted by Crippen LogP contribution is -2.06. The van der Waals surface area contributed by atoms with Crippen molar-refractivity contribution in [2.45, 2.75) is 26.9 Å². The Bertz CT molecular complexity index is 669. The van der Waals surface area contributed by atoms with Gasteiger partial charge in [-0.25, -0.2) is 9.97 Å². The summed E-state index contributed by atoms with van der Waals surface area (Å²) in [6.07, 6.45) is 0.0575. The van der Waals surface area contributed by atoms with Crippen LogP contribution in [0, 0.1) is 17.0 Å². The van der Waals surface area contributed by atoms with Gasteiger partial charge in [-0.2, -0.15) is 0 Å². The lowest BCUT2D eigenvalue weighted by atomic mass is 10.1. The first-order valence-corrected chi connectivity index (χ1v) is 6.44. The van der Waals surface area contributed by atoms with Crippen molar-refractivity contribution in [1.82, 2.24) is 9.97 Å². The van der Waals surface area contributed by atoms with E-state index in [0.717, 1.165) is 0 Å². The molecule has 0 radical (unpaired) electrons. The predicted octanol–water partition coefficient (Wildman–Crippen LogP) is 2.73. The van der Waals surface area contributed by atoms with E-state index in [1.165, 1.54) is 6.92 Å². The SMILES string of the molecule is Cc1nc(N)nc(-c2ccc(OC(C)C)cc2)c1[N+](=O)[O-]. The number of nitro groups is 1. The number of ether oxygens (including phenoxy) is 1. The summed E-state index contributed by atoms with van der Waals surface area (Å²) in [5.41, 5.74) is 6.50. The van der Waals surface area contributed by atoms with E-state index < -0.39 is 4.92 Å². The van der Waals surface area contributed by atoms with Crippen LogP contribution >= 0.6 is 0 Å². The van der Waals surface area contributed by atoms with E-state index in [0.29, 0.717) is 11.3 Å². The molecule has 0 saturated carbocycles. The molecule has 0 atom stereocenters. The van der Waals surface area contributed by atoms with Gasteiger partial charge in [-0.15, -0.1) is 0 Å². The molecule has 1 heterocycles. The van der Waals surface area contributed by atoms with E-state index in [-0.39, 0.29) is 29.1 Å². The van der Waals surface area contributed by atoms with Crippen LogP contribution in [0.5, 0.6) is 5.75 Å². The average Bonchev–Trinajstić information content (AvgIpc) is 2.37. The lowest BCUT2D eigenvalue weighted by Gasteiger charge is -2.10. The summed E-state index contributed by atoms with van der Waals surface area (Å²) in [7, 11) is 0. The minimum atomic E-state index is -0.497. The molecule has 1 aromatic heterocycles. The van der Waals surface area contributed by atoms with Gasteiger partial charge in [-0.3, -0.25) is 10.1 Å². The Morgan fingerprint density at radius 3 is 2.38 bits per heavy atom. The van der Waals surface area contributed by atoms with E-state index in [9.17, 15) is 10.1 Å². The number of aryl methyl sites for hydroxylation is 1. The molecule has 0 amide bonds. The van der Waals surface area contributed by atoms with Crippen molar-refractivity contribution < 1.29 is 9.66 Å². The monoisotopic (exact) mass is 288 g/mol. The minimum absolute atomic E-state index is 0.00982. The highest BCUT2D eigenvalue weighted by molar-refractivity contribution is 5.72. The number of hydrogen-bond donors (Lipinski definition) is 1. The maximum atomic E-state index is 11.2. The third kappa shape index (κ3) is 3.25. The van der Waals surface area contributed by atoms with Crippen molar-refractivity contribution in [2.24, 2.45) is 0 Å². The summed E-state index contributed by atoms with van der Waals surface area (Å²) in [5.74, 6) is 0.700. The molecule has 110 valence electrons. The zero-order valence-corrected chi connectivity index (χ0v) is 12.0. The fourth-order valence-electron chi connectivity index (χ4n) is 1.97. The molecule has 0 aliphatic rings. The topological polar surface area (TPSA) is 104 Å². The average molecular weight is 288 g/mol. The van der Waals surface area contributed by atoms with Crippen molar-refractivity contribution in [3.8, 4) is 17.0 Å². The summed E-state index contributed by atoms with van der Waals surface area (Å²) in [6, 6.07) is 6.91. The van der Waals surface area contributed by atoms with Gasteiger partial charge in [-0.1, -0.05) is 0 Å². The Morgan fingerprint density at radius 1 is 1.24 bits per heavy atom. The van der Waals surface area contributed by atoms with Crippen LogP contribution in [-0.2, 0) is 0 Å². The third-order valence-electron chi connectivity index (χ3n) is 2.76. The summed E-state index contributed by atoms with van der Waals surface area (Å²) < 4.78 is 5.54. The fraction of sp³-hybridized carbons (Fsp3) is 0.286. The molecule has 0 spiro atoms. The molecule has 2 aromatic rings. The largest absolute Gasteiger partial charge is 0.491 e. The van der Waals surface area contributed by atoms with Crippen LogP contribution in [0.1, 0.15) is 19.5 Å². The van der Waals surface area contributed by atoms with Gasteiger partial charge in [0.15, 0.2) is 5.69 Å². The van der Waals surface area contributed by atoms with Gasteiger partial charge in [0.05, 0.1) is 11.0 Å². The van der Waals surface area contributed by atoms with Gasteiger partial charge in [0.25, 0.3) is 0 Å². The van der Waals surface area contributed by atoms with Crippen molar-refractivity contribution in [3.63, 3.8) is 0 Å². The first-order chi connectivity index (χ1) is 9.88. The molecule has 7 nitrogen and oxygen atoms in total. The van der Waals surface area contributed by atoms with Crippen LogP contribution in [0.4, 0.5) is 11.6 Å². The van der Waals surface area contributed by atoms with Crippen LogP contribution in [0.3, 0.4) is 0 Å². The standard InChI is InChI=1S/C14H16N4O3/c1-8(2)21-11-6-4-10(5-7-11)12-13(18(19)20)9(3)16-14(15)17-12/h4-8H,1-3H3,(H2,15,16,17). The summed E-state index contributed by atoms with van der Waals surface area (Å²) in [4.78, 5) is 18.5. The van der Waals surface area contributed by atoms with E-state index in [1.807, 2.05) is 13.8 Å². The summed E-state index contributed by atoms with van der Waals surface area (Å²) in [6.45, 7) is 5.39. The second kappa shape index (κ2) is 5.74. The Kier molecular flexibility index (Phi) is 4.02. The van der Waals surface area contributed by atoms with Crippen LogP contribution in [0.25, 0.3) is 11.3 Å². The maximum Gasteiger partial charge on any atom is 0.316 e. The van der Waals surface area contributed by atoms with Crippen molar-refractivity contribution in [3.05, 3.63) is 40.1 Å². The van der Waals surface area contributed by atoms with Crippen LogP contribution < -0.4 is 10.5 Å². The Morgan fingerprint density at radius 2 is 1.86 bits per heavy atom. The quantitative estimate of drug-likeness (QED) is 0.685. The number of benzene rings is 1. The van der Waals surface area contributed by atoms with Gasteiger partial charge < -0.3 is 10.5 Å². The number of nitrogen functional groups attached to an aromatic ring is 1. The molecule has 0 unspecified atom stereocenters. The Labute approximate surface area is 121 Å². The van der Waals surface area contributed by atoms with Crippen molar-refractivity contribution >= 4 is 11.6 Å². The molecule has 0 aliphatic carbocycles. The second-order valence-electron chi connectivity index (χ2n) is 4.81. The molecule has 7 heteroatoms. The van der Waals surface area contributed by atoms with Gasteiger partial charge in [0.1, 0.15) is 11.4 Å². The molecule has 0 fully saturated rings. The van der Waals surface area contributed by atoms with Gasteiger partial charge in [-0.05, 0) is 45.0 Å². The van der Waals surface area contributed by atoms with Crippen LogP contribution in [0.15, 0.2) is 24.3 Å². The van der Waals surface area contributed by atoms with E-state index in [1.54, 1.807) is 24.3 Å². The van der Waals surface area contributed by atoms with Gasteiger partial charge >= 0.3 is 5.69 Å². The highest BCUT2D eigenvalue weighted by Crippen LogP contribution is 2.31. The zero-order chi connectivity index (χ0) is 15.6. The van der Waals surface area contributed by atoms with Gasteiger partial charge in [0.2, 0.25) is 5.95 Å². The molecular formula is C14H16N4O3. The summed E-state index contributed by atoms with van der Waals surface area (Å²) >= 11 is 0. The lowest BCUT2D eigenvalue weighted by molar-refractivity contribution is -0.385. The number of hydrogen-bond acceptors (Lipinski definition) is 6. The number of anilines is 1. The highest BCUT2D eigenvalue weighted by Gasteiger charge is 2.22. The summed E-state index contributed by atoms with van der Waals surface area (Å²) in [5, 5.41) is 11.2. The second-order valence-corrected chi connectivity index (χ2v) is 4.81. The third-order valence-corrected chi connectivity index (χ3v) is 2.76. The maximum absolute atomic E-state index is 11.2. The molecule has 0 aliphatic heterocycles. The molecule has 2 rings (SSSR count). The fourth-order valence-corrected chi connectivity index (χ4v) is 1.97.